The Morgan fingerprint density at radius 1 is 0.684 bits per heavy atom. The minimum Gasteiger partial charge on any atom is -0.482 e. The van der Waals surface area contributed by atoms with Crippen LogP contribution in [0.5, 0.6) is 5.75 Å². The number of hydrogen-bond donors (Lipinski definition) is 2. The average molecular weight is 775 g/mol. The van der Waals surface area contributed by atoms with Gasteiger partial charge in [-0.15, -0.1) is 0 Å². The van der Waals surface area contributed by atoms with Crippen molar-refractivity contribution >= 4 is 18.2 Å². The lowest BCUT2D eigenvalue weighted by Gasteiger charge is -2.33. The molecule has 2 aliphatic carbocycles. The van der Waals surface area contributed by atoms with Crippen LogP contribution in [-0.4, -0.2) is 37.9 Å². The van der Waals surface area contributed by atoms with E-state index >= 15 is 0 Å². The number of esters is 1. The Morgan fingerprint density at radius 2 is 1.30 bits per heavy atom. The topological polar surface area (TPSA) is 112 Å². The number of amides is 2. The largest absolute Gasteiger partial charge is 0.482 e. The molecular weight excluding hydrogens is 717 g/mol. The summed E-state index contributed by atoms with van der Waals surface area (Å²) in [6.45, 7) is 3.87. The Balaban J connectivity index is 1.09. The van der Waals surface area contributed by atoms with E-state index < -0.39 is 12.1 Å². The van der Waals surface area contributed by atoms with E-state index in [1.165, 1.54) is 11.1 Å². The first-order valence-corrected chi connectivity index (χ1v) is 20.8. The number of carbonyl (C=O) groups excluding carboxylic acids is 3. The highest BCUT2D eigenvalue weighted by Gasteiger charge is 2.45. The zero-order valence-corrected chi connectivity index (χ0v) is 33.2. The lowest BCUT2D eigenvalue weighted by molar-refractivity contribution is -0.147. The summed E-state index contributed by atoms with van der Waals surface area (Å²) in [5.74, 6) is 2.17. The molecule has 0 unspecified atom stereocenters. The van der Waals surface area contributed by atoms with Gasteiger partial charge in [0, 0.05) is 13.1 Å². The van der Waals surface area contributed by atoms with E-state index in [2.05, 4.69) is 23.6 Å². The molecular formula is C48H58N2O7. The minimum absolute atomic E-state index is 0.148. The summed E-state index contributed by atoms with van der Waals surface area (Å²) in [7, 11) is 0. The van der Waals surface area contributed by atoms with Crippen LogP contribution in [0.1, 0.15) is 79.7 Å². The van der Waals surface area contributed by atoms with Gasteiger partial charge in [-0.05, 0) is 102 Å². The monoisotopic (exact) mass is 774 g/mol. The van der Waals surface area contributed by atoms with Crippen molar-refractivity contribution in [3.05, 3.63) is 137 Å². The average Bonchev–Trinajstić information content (AvgIpc) is 3.59. The Morgan fingerprint density at radius 3 is 1.93 bits per heavy atom. The third kappa shape index (κ3) is 12.9. The number of carbonyl (C=O) groups is 3. The predicted molar refractivity (Wildman–Crippen MR) is 220 cm³/mol. The maximum absolute atomic E-state index is 12.9. The molecule has 4 aromatic carbocycles. The van der Waals surface area contributed by atoms with Crippen molar-refractivity contribution in [1.29, 1.82) is 0 Å². The van der Waals surface area contributed by atoms with E-state index in [1.807, 2.05) is 103 Å². The van der Waals surface area contributed by atoms with Crippen LogP contribution in [-0.2, 0) is 51.7 Å². The second kappa shape index (κ2) is 21.8. The fourth-order valence-electron chi connectivity index (χ4n) is 8.73. The Bertz CT molecular complexity index is 1840. The molecule has 6 rings (SSSR count). The van der Waals surface area contributed by atoms with Crippen molar-refractivity contribution in [2.75, 3.05) is 19.7 Å². The summed E-state index contributed by atoms with van der Waals surface area (Å²) >= 11 is 0. The number of hydrogen-bond acceptors (Lipinski definition) is 7. The summed E-state index contributed by atoms with van der Waals surface area (Å²) in [6, 6.07) is 35.2. The number of fused-ring (bicyclic) bond motifs is 2. The third-order valence-corrected chi connectivity index (χ3v) is 11.7. The quantitative estimate of drug-likeness (QED) is 0.0523. The molecule has 1 fully saturated rings. The Labute approximate surface area is 337 Å². The molecule has 1 saturated carbocycles. The van der Waals surface area contributed by atoms with Crippen LogP contribution >= 0.6 is 0 Å². The standard InChI is InChI=1S/C48H58N2O7/c1-2-3-7-15-35(29-49-47(52)56-32-37-18-10-5-11-19-37)24-25-42-41(30-50-48(53)57-33-38-20-12-6-13-21-38)26-40-28-44-39(27-43(40)42)22-14-23-45(44)54-34-46(51)55-31-36-16-8-4-9-17-36/h4-6,8-14,16-23,35,40-43H,2-3,7,15,24-34H2,1H3,(H,49,52)(H,50,53)/t35-,40+,41-,42-,43-/m0/s1. The maximum atomic E-state index is 12.9. The van der Waals surface area contributed by atoms with Crippen molar-refractivity contribution < 1.29 is 33.3 Å². The Kier molecular flexibility index (Phi) is 15.8. The summed E-state index contributed by atoms with van der Waals surface area (Å²) < 4.78 is 22.7. The molecule has 2 amide bonds. The van der Waals surface area contributed by atoms with Gasteiger partial charge in [-0.25, -0.2) is 14.4 Å². The molecule has 2 N–H and O–H groups in total. The molecule has 9 nitrogen and oxygen atoms in total. The van der Waals surface area contributed by atoms with Gasteiger partial charge in [0.2, 0.25) is 0 Å². The summed E-state index contributed by atoms with van der Waals surface area (Å²) in [5, 5.41) is 6.17. The highest BCUT2D eigenvalue weighted by molar-refractivity contribution is 5.71. The predicted octanol–water partition coefficient (Wildman–Crippen LogP) is 9.61. The molecule has 0 aliphatic heterocycles. The van der Waals surface area contributed by atoms with Crippen LogP contribution in [0.3, 0.4) is 0 Å². The first-order valence-electron chi connectivity index (χ1n) is 20.8. The Hall–Kier alpha value is -5.31. The van der Waals surface area contributed by atoms with Crippen LogP contribution in [0, 0.1) is 29.6 Å². The van der Waals surface area contributed by atoms with Gasteiger partial charge in [-0.3, -0.25) is 0 Å². The normalized spacial score (nSPS) is 18.7. The molecule has 4 aromatic rings. The van der Waals surface area contributed by atoms with Crippen molar-refractivity contribution in [1.82, 2.24) is 10.6 Å². The van der Waals surface area contributed by atoms with Gasteiger partial charge in [-0.1, -0.05) is 129 Å². The van der Waals surface area contributed by atoms with Gasteiger partial charge in [-0.2, -0.15) is 0 Å². The molecule has 0 bridgehead atoms. The van der Waals surface area contributed by atoms with Crippen LogP contribution < -0.4 is 15.4 Å². The fourth-order valence-corrected chi connectivity index (χ4v) is 8.73. The van der Waals surface area contributed by atoms with Gasteiger partial charge in [0.15, 0.2) is 6.61 Å². The molecule has 5 atom stereocenters. The van der Waals surface area contributed by atoms with Gasteiger partial charge < -0.3 is 29.6 Å². The van der Waals surface area contributed by atoms with E-state index in [0.717, 1.165) is 80.2 Å². The van der Waals surface area contributed by atoms with Gasteiger partial charge in [0.05, 0.1) is 0 Å². The molecule has 0 heterocycles. The van der Waals surface area contributed by atoms with Crippen molar-refractivity contribution in [2.45, 2.75) is 84.5 Å². The van der Waals surface area contributed by atoms with Gasteiger partial charge in [0.1, 0.15) is 25.6 Å². The first kappa shape index (κ1) is 41.3. The highest BCUT2D eigenvalue weighted by atomic mass is 16.6. The number of rotatable bonds is 20. The van der Waals surface area contributed by atoms with E-state index in [-0.39, 0.29) is 38.4 Å². The van der Waals surface area contributed by atoms with Crippen molar-refractivity contribution in [2.24, 2.45) is 29.6 Å². The number of nitrogens with one attached hydrogen (secondary N) is 2. The number of ether oxygens (including phenoxy) is 4. The highest BCUT2D eigenvalue weighted by Crippen LogP contribution is 2.51. The fraction of sp³-hybridized carbons (Fsp3) is 0.438. The van der Waals surface area contributed by atoms with Crippen LogP contribution in [0.15, 0.2) is 109 Å². The molecule has 0 saturated heterocycles. The van der Waals surface area contributed by atoms with Gasteiger partial charge in [0.25, 0.3) is 0 Å². The molecule has 2 aliphatic rings. The maximum Gasteiger partial charge on any atom is 0.407 e. The lowest BCUT2D eigenvalue weighted by atomic mass is 9.72. The molecule has 57 heavy (non-hydrogen) atoms. The molecule has 0 radical (unpaired) electrons. The summed E-state index contributed by atoms with van der Waals surface area (Å²) in [6.07, 6.45) is 8.40. The summed E-state index contributed by atoms with van der Waals surface area (Å²) in [4.78, 5) is 38.3. The number of benzene rings is 4. The van der Waals surface area contributed by atoms with Crippen LogP contribution in [0.4, 0.5) is 9.59 Å². The van der Waals surface area contributed by atoms with Crippen molar-refractivity contribution in [3.63, 3.8) is 0 Å². The van der Waals surface area contributed by atoms with E-state index in [9.17, 15) is 14.4 Å². The van der Waals surface area contributed by atoms with Crippen LogP contribution in [0.2, 0.25) is 0 Å². The zero-order chi connectivity index (χ0) is 39.7. The van der Waals surface area contributed by atoms with Crippen LogP contribution in [0.25, 0.3) is 0 Å². The zero-order valence-electron chi connectivity index (χ0n) is 33.2. The number of alkyl carbamates (subject to hydrolysis) is 2. The van der Waals surface area contributed by atoms with E-state index in [1.54, 1.807) is 0 Å². The molecule has 9 heteroatoms. The second-order valence-electron chi connectivity index (χ2n) is 15.6. The second-order valence-corrected chi connectivity index (χ2v) is 15.6. The third-order valence-electron chi connectivity index (χ3n) is 11.7. The molecule has 0 aromatic heterocycles. The number of unbranched alkanes of at least 4 members (excludes halogenated alkanes) is 2. The molecule has 302 valence electrons. The van der Waals surface area contributed by atoms with E-state index in [0.29, 0.717) is 36.8 Å². The first-order chi connectivity index (χ1) is 27.9. The minimum atomic E-state index is -0.402. The summed E-state index contributed by atoms with van der Waals surface area (Å²) in [5.41, 5.74) is 5.27. The smallest absolute Gasteiger partial charge is 0.407 e. The van der Waals surface area contributed by atoms with E-state index in [4.69, 9.17) is 18.9 Å². The van der Waals surface area contributed by atoms with Gasteiger partial charge >= 0.3 is 18.2 Å². The van der Waals surface area contributed by atoms with Crippen molar-refractivity contribution in [3.8, 4) is 5.75 Å². The molecule has 0 spiro atoms. The lowest BCUT2D eigenvalue weighted by Crippen LogP contribution is -2.34. The SMILES string of the molecule is CCCCC[C@@H](CC[C@H]1[C@H](CNC(=O)OCc2ccccc2)C[C@@H]2Cc3c(cccc3OCC(=O)OCc3ccccc3)C[C@@H]21)CNC(=O)OCc1ccccc1.